The molecule has 0 aliphatic rings. The summed E-state index contributed by atoms with van der Waals surface area (Å²) in [5.74, 6) is -0.484. The van der Waals surface area contributed by atoms with Crippen LogP contribution in [0, 0.1) is 6.92 Å². The average molecular weight is 351 g/mol. The maximum absolute atomic E-state index is 12.8. The molecular weight excluding hydrogens is 335 g/mol. The van der Waals surface area contributed by atoms with E-state index in [9.17, 15) is 23.4 Å². The van der Waals surface area contributed by atoms with Gasteiger partial charge in [-0.2, -0.15) is 18.3 Å². The highest BCUT2D eigenvalue weighted by molar-refractivity contribution is 5.80. The highest BCUT2D eigenvalue weighted by Gasteiger charge is 2.32. The van der Waals surface area contributed by atoms with E-state index >= 15 is 0 Å². The van der Waals surface area contributed by atoms with Crippen molar-refractivity contribution in [2.24, 2.45) is 0 Å². The van der Waals surface area contributed by atoms with E-state index < -0.39 is 17.5 Å². The molecule has 3 aromatic rings. The second-order valence-corrected chi connectivity index (χ2v) is 5.94. The third kappa shape index (κ3) is 3.17. The van der Waals surface area contributed by atoms with Crippen LogP contribution in [0.2, 0.25) is 0 Å². The van der Waals surface area contributed by atoms with E-state index in [-0.39, 0.29) is 23.8 Å². The number of pyridine rings is 1. The molecule has 25 heavy (non-hydrogen) atoms. The molecule has 2 N–H and O–H groups in total. The highest BCUT2D eigenvalue weighted by Crippen LogP contribution is 2.38. The van der Waals surface area contributed by atoms with Crippen molar-refractivity contribution >= 4 is 11.0 Å². The molecule has 1 unspecified atom stereocenters. The van der Waals surface area contributed by atoms with Gasteiger partial charge < -0.3 is 10.2 Å². The minimum atomic E-state index is -4.53. The molecule has 0 aliphatic heterocycles. The molecule has 0 saturated heterocycles. The fraction of sp³-hybridized carbons (Fsp3) is 0.294. The van der Waals surface area contributed by atoms with Crippen molar-refractivity contribution in [2.45, 2.75) is 26.1 Å². The lowest BCUT2D eigenvalue weighted by Gasteiger charge is -2.13. The number of phenolic OH excluding ortho intramolecular Hbond substituents is 1. The lowest BCUT2D eigenvalue weighted by atomic mass is 10.00. The summed E-state index contributed by atoms with van der Waals surface area (Å²) in [6, 6.07) is 4.79. The lowest BCUT2D eigenvalue weighted by Crippen LogP contribution is -2.09. The molecule has 0 radical (unpaired) electrons. The minimum Gasteiger partial charge on any atom is -0.507 e. The summed E-state index contributed by atoms with van der Waals surface area (Å²) >= 11 is 0. The monoisotopic (exact) mass is 351 g/mol. The quantitative estimate of drug-likeness (QED) is 0.755. The van der Waals surface area contributed by atoms with Gasteiger partial charge in [0.05, 0.1) is 23.9 Å². The molecule has 5 nitrogen and oxygen atoms in total. The lowest BCUT2D eigenvalue weighted by molar-refractivity contribution is -0.137. The number of hydrogen-bond acceptors (Lipinski definition) is 4. The van der Waals surface area contributed by atoms with Gasteiger partial charge in [-0.05, 0) is 43.7 Å². The molecule has 132 valence electrons. The first kappa shape index (κ1) is 17.2. The van der Waals surface area contributed by atoms with E-state index in [4.69, 9.17) is 0 Å². The Morgan fingerprint density at radius 2 is 1.96 bits per heavy atom. The van der Waals surface area contributed by atoms with Crippen LogP contribution in [0.3, 0.4) is 0 Å². The van der Waals surface area contributed by atoms with Crippen molar-refractivity contribution in [3.05, 3.63) is 41.6 Å². The Balaban J connectivity index is 2.10. The van der Waals surface area contributed by atoms with E-state index in [2.05, 4.69) is 10.1 Å². The third-order valence-electron chi connectivity index (χ3n) is 4.00. The number of nitrogens with zero attached hydrogens (tertiary/aromatic N) is 3. The van der Waals surface area contributed by atoms with Crippen LogP contribution in [0.25, 0.3) is 22.3 Å². The third-order valence-corrected chi connectivity index (χ3v) is 4.00. The van der Waals surface area contributed by atoms with E-state index in [1.54, 1.807) is 29.9 Å². The van der Waals surface area contributed by atoms with Crippen molar-refractivity contribution < 1.29 is 23.4 Å². The Morgan fingerprint density at radius 3 is 2.56 bits per heavy atom. The van der Waals surface area contributed by atoms with Crippen LogP contribution in [-0.2, 0) is 6.18 Å². The summed E-state index contributed by atoms with van der Waals surface area (Å²) in [7, 11) is 0. The van der Waals surface area contributed by atoms with Crippen LogP contribution in [0.15, 0.2) is 30.5 Å². The molecule has 1 atom stereocenters. The summed E-state index contributed by atoms with van der Waals surface area (Å²) in [6.45, 7) is 3.20. The van der Waals surface area contributed by atoms with Crippen LogP contribution in [-0.4, -0.2) is 31.6 Å². The number of aromatic nitrogens is 3. The van der Waals surface area contributed by atoms with Crippen LogP contribution in [0.1, 0.15) is 24.1 Å². The number of aliphatic hydroxyl groups excluding tert-OH is 1. The van der Waals surface area contributed by atoms with Gasteiger partial charge in [0.25, 0.3) is 0 Å². The zero-order valence-corrected chi connectivity index (χ0v) is 13.5. The van der Waals surface area contributed by atoms with Crippen molar-refractivity contribution in [1.29, 1.82) is 0 Å². The van der Waals surface area contributed by atoms with Crippen molar-refractivity contribution in [2.75, 3.05) is 6.61 Å². The van der Waals surface area contributed by atoms with Gasteiger partial charge in [0.2, 0.25) is 0 Å². The highest BCUT2D eigenvalue weighted by atomic mass is 19.4. The Kier molecular flexibility index (Phi) is 4.16. The Hall–Kier alpha value is -2.61. The van der Waals surface area contributed by atoms with Crippen LogP contribution in [0.5, 0.6) is 5.75 Å². The summed E-state index contributed by atoms with van der Waals surface area (Å²) in [5, 5.41) is 24.3. The average Bonchev–Trinajstić information content (AvgIpc) is 2.95. The summed E-state index contributed by atoms with van der Waals surface area (Å²) in [4.78, 5) is 4.34. The number of aryl methyl sites for hydroxylation is 1. The SMILES string of the molecule is Cc1cc(C(F)(F)F)cc(O)c1-c1ccc2cn(C(C)CO)nc2n1. The van der Waals surface area contributed by atoms with E-state index in [0.29, 0.717) is 17.4 Å². The molecular formula is C17H16F3N3O2. The first-order valence-electron chi connectivity index (χ1n) is 7.58. The largest absolute Gasteiger partial charge is 0.507 e. The van der Waals surface area contributed by atoms with E-state index in [1.165, 1.54) is 6.92 Å². The maximum Gasteiger partial charge on any atom is 0.416 e. The number of aliphatic hydroxyl groups is 1. The number of rotatable bonds is 3. The van der Waals surface area contributed by atoms with Crippen molar-refractivity contribution in [1.82, 2.24) is 14.8 Å². The van der Waals surface area contributed by atoms with Gasteiger partial charge in [-0.25, -0.2) is 4.98 Å². The molecule has 0 amide bonds. The predicted octanol–water partition coefficient (Wildman–Crippen LogP) is 3.68. The number of halogens is 3. The smallest absolute Gasteiger partial charge is 0.416 e. The second kappa shape index (κ2) is 6.03. The van der Waals surface area contributed by atoms with Gasteiger partial charge in [-0.1, -0.05) is 0 Å². The zero-order chi connectivity index (χ0) is 18.4. The van der Waals surface area contributed by atoms with E-state index in [1.807, 2.05) is 0 Å². The van der Waals surface area contributed by atoms with Gasteiger partial charge in [0, 0.05) is 17.1 Å². The van der Waals surface area contributed by atoms with Crippen LogP contribution in [0.4, 0.5) is 13.2 Å². The first-order valence-corrected chi connectivity index (χ1v) is 7.58. The Bertz CT molecular complexity index is 912. The van der Waals surface area contributed by atoms with Gasteiger partial charge in [-0.3, -0.25) is 4.68 Å². The van der Waals surface area contributed by atoms with Gasteiger partial charge in [0.1, 0.15) is 5.75 Å². The molecule has 0 saturated carbocycles. The standard InChI is InChI=1S/C17H16F3N3O2/c1-9-5-12(17(18,19)20)6-14(25)15(9)13-4-3-11-7-23(10(2)8-24)22-16(11)21-13/h3-7,10,24-25H,8H2,1-2H3. The topological polar surface area (TPSA) is 71.2 Å². The fourth-order valence-corrected chi connectivity index (χ4v) is 2.63. The molecule has 2 heterocycles. The van der Waals surface area contributed by atoms with Crippen molar-refractivity contribution in [3.63, 3.8) is 0 Å². The summed E-state index contributed by atoms with van der Waals surface area (Å²) < 4.78 is 40.1. The molecule has 2 aromatic heterocycles. The second-order valence-electron chi connectivity index (χ2n) is 5.94. The number of hydrogen-bond donors (Lipinski definition) is 2. The predicted molar refractivity (Wildman–Crippen MR) is 86.2 cm³/mol. The Labute approximate surface area is 141 Å². The van der Waals surface area contributed by atoms with E-state index in [0.717, 1.165) is 11.5 Å². The number of aromatic hydroxyl groups is 1. The van der Waals surface area contributed by atoms with Crippen molar-refractivity contribution in [3.8, 4) is 17.0 Å². The molecule has 1 aromatic carbocycles. The molecule has 3 rings (SSSR count). The van der Waals surface area contributed by atoms with Crippen LogP contribution < -0.4 is 0 Å². The molecule has 0 fully saturated rings. The maximum atomic E-state index is 12.8. The Morgan fingerprint density at radius 1 is 1.24 bits per heavy atom. The fourth-order valence-electron chi connectivity index (χ4n) is 2.63. The molecule has 0 bridgehead atoms. The summed E-state index contributed by atoms with van der Waals surface area (Å²) in [6.07, 6.45) is -2.80. The zero-order valence-electron chi connectivity index (χ0n) is 13.5. The van der Waals surface area contributed by atoms with Gasteiger partial charge in [-0.15, -0.1) is 0 Å². The minimum absolute atomic E-state index is 0.0837. The number of fused-ring (bicyclic) bond motifs is 1. The number of phenols is 1. The first-order chi connectivity index (χ1) is 11.7. The molecule has 8 heteroatoms. The molecule has 0 aliphatic carbocycles. The summed E-state index contributed by atoms with van der Waals surface area (Å²) in [5.41, 5.74) is 0.310. The molecule has 0 spiro atoms. The number of alkyl halides is 3. The normalized spacial score (nSPS) is 13.4. The van der Waals surface area contributed by atoms with Gasteiger partial charge in [0.15, 0.2) is 5.65 Å². The number of benzene rings is 1. The van der Waals surface area contributed by atoms with Gasteiger partial charge >= 0.3 is 6.18 Å². The van der Waals surface area contributed by atoms with Crippen LogP contribution >= 0.6 is 0 Å².